The summed E-state index contributed by atoms with van der Waals surface area (Å²) < 4.78 is 0. The van der Waals surface area contributed by atoms with Crippen molar-refractivity contribution in [1.29, 1.82) is 0 Å². The van der Waals surface area contributed by atoms with E-state index in [0.29, 0.717) is 11.6 Å². The summed E-state index contributed by atoms with van der Waals surface area (Å²) in [5.74, 6) is 1.74. The van der Waals surface area contributed by atoms with Gasteiger partial charge >= 0.3 is 0 Å². The van der Waals surface area contributed by atoms with E-state index in [9.17, 15) is 4.79 Å². The summed E-state index contributed by atoms with van der Waals surface area (Å²) in [7, 11) is 0. The minimum atomic E-state index is -0.0421. The molecule has 3 N–H and O–H groups in total. The van der Waals surface area contributed by atoms with Gasteiger partial charge in [-0.25, -0.2) is 0 Å². The highest BCUT2D eigenvalue weighted by atomic mass is 32.2. The van der Waals surface area contributed by atoms with Crippen molar-refractivity contribution in [3.63, 3.8) is 0 Å². The molecule has 0 aromatic heterocycles. The number of thioether (sulfide) groups is 1. The zero-order chi connectivity index (χ0) is 14.4. The van der Waals surface area contributed by atoms with E-state index < -0.39 is 0 Å². The lowest BCUT2D eigenvalue weighted by atomic mass is 10.1. The highest BCUT2D eigenvalue weighted by Crippen LogP contribution is 2.22. The second kappa shape index (κ2) is 7.43. The smallest absolute Gasteiger partial charge is 0.237 e. The average molecular weight is 280 g/mol. The first kappa shape index (κ1) is 15.9. The van der Waals surface area contributed by atoms with Crippen LogP contribution in [0.2, 0.25) is 0 Å². The number of anilines is 2. The van der Waals surface area contributed by atoms with Crippen LogP contribution in [0.1, 0.15) is 32.8 Å². The Balaban J connectivity index is 2.52. The van der Waals surface area contributed by atoms with E-state index in [1.54, 1.807) is 11.8 Å². The van der Waals surface area contributed by atoms with Crippen LogP contribution in [0, 0.1) is 12.8 Å². The molecule has 106 valence electrons. The molecular weight excluding hydrogens is 256 g/mol. The number of hydrogen-bond acceptors (Lipinski definition) is 3. The molecule has 1 aromatic rings. The molecule has 19 heavy (non-hydrogen) atoms. The second-order valence-corrected chi connectivity index (χ2v) is 6.65. The minimum Gasteiger partial charge on any atom is -0.398 e. The Labute approximate surface area is 120 Å². The van der Waals surface area contributed by atoms with Crippen molar-refractivity contribution in [1.82, 2.24) is 0 Å². The third kappa shape index (κ3) is 5.15. The Bertz CT molecular complexity index is 432. The molecule has 1 atom stereocenters. The van der Waals surface area contributed by atoms with Crippen LogP contribution in [0.3, 0.4) is 0 Å². The summed E-state index contributed by atoms with van der Waals surface area (Å²) in [6, 6.07) is 5.58. The molecule has 1 rings (SSSR count). The molecule has 0 aliphatic carbocycles. The molecule has 3 nitrogen and oxygen atoms in total. The first-order chi connectivity index (χ1) is 8.91. The zero-order valence-electron chi connectivity index (χ0n) is 12.2. The van der Waals surface area contributed by atoms with E-state index in [4.69, 9.17) is 5.73 Å². The van der Waals surface area contributed by atoms with Gasteiger partial charge in [0, 0.05) is 11.4 Å². The molecule has 0 fully saturated rings. The number of nitrogens with two attached hydrogens (primary N) is 1. The summed E-state index contributed by atoms with van der Waals surface area (Å²) >= 11 is 1.70. The summed E-state index contributed by atoms with van der Waals surface area (Å²) in [6.45, 7) is 8.26. The van der Waals surface area contributed by atoms with Gasteiger partial charge < -0.3 is 11.1 Å². The number of carbonyl (C=O) groups is 1. The SMILES string of the molecule is Cc1c(N)cccc1NC(=O)C(C)SCCC(C)C. The van der Waals surface area contributed by atoms with Crippen molar-refractivity contribution >= 4 is 29.0 Å². The molecule has 0 aliphatic rings. The third-order valence-electron chi connectivity index (χ3n) is 3.07. The molecular formula is C15H24N2OS. The van der Waals surface area contributed by atoms with Crippen LogP contribution in [0.25, 0.3) is 0 Å². The van der Waals surface area contributed by atoms with Crippen LogP contribution < -0.4 is 11.1 Å². The Morgan fingerprint density at radius 2 is 2.05 bits per heavy atom. The molecule has 0 aliphatic heterocycles. The molecule has 0 heterocycles. The number of rotatable bonds is 6. The maximum atomic E-state index is 12.1. The van der Waals surface area contributed by atoms with Crippen LogP contribution in [0.15, 0.2) is 18.2 Å². The first-order valence-electron chi connectivity index (χ1n) is 6.69. The third-order valence-corrected chi connectivity index (χ3v) is 4.25. The number of benzene rings is 1. The van der Waals surface area contributed by atoms with Gasteiger partial charge in [0.05, 0.1) is 5.25 Å². The van der Waals surface area contributed by atoms with Gasteiger partial charge in [-0.2, -0.15) is 0 Å². The highest BCUT2D eigenvalue weighted by Gasteiger charge is 2.14. The topological polar surface area (TPSA) is 55.1 Å². The van der Waals surface area contributed by atoms with Crippen LogP contribution in [0.4, 0.5) is 11.4 Å². The monoisotopic (exact) mass is 280 g/mol. The van der Waals surface area contributed by atoms with Crippen LogP contribution >= 0.6 is 11.8 Å². The highest BCUT2D eigenvalue weighted by molar-refractivity contribution is 8.00. The first-order valence-corrected chi connectivity index (χ1v) is 7.74. The Kier molecular flexibility index (Phi) is 6.22. The van der Waals surface area contributed by atoms with Gasteiger partial charge in [0.1, 0.15) is 0 Å². The minimum absolute atomic E-state index is 0.0421. The quantitative estimate of drug-likeness (QED) is 0.781. The van der Waals surface area contributed by atoms with Gasteiger partial charge in [-0.15, -0.1) is 11.8 Å². The number of nitrogen functional groups attached to an aromatic ring is 1. The summed E-state index contributed by atoms with van der Waals surface area (Å²) in [5, 5.41) is 2.91. The van der Waals surface area contributed by atoms with Crippen molar-refractivity contribution in [2.24, 2.45) is 5.92 Å². The van der Waals surface area contributed by atoms with Crippen LogP contribution in [-0.2, 0) is 4.79 Å². The lowest BCUT2D eigenvalue weighted by Gasteiger charge is -2.14. The van der Waals surface area contributed by atoms with E-state index in [-0.39, 0.29) is 11.2 Å². The average Bonchev–Trinajstić information content (AvgIpc) is 2.34. The van der Waals surface area contributed by atoms with Crippen LogP contribution in [-0.4, -0.2) is 16.9 Å². The molecule has 4 heteroatoms. The number of nitrogens with one attached hydrogen (secondary N) is 1. The lowest BCUT2D eigenvalue weighted by Crippen LogP contribution is -2.23. The van der Waals surface area contributed by atoms with Gasteiger partial charge in [-0.05, 0) is 49.6 Å². The fourth-order valence-electron chi connectivity index (χ4n) is 1.58. The Morgan fingerprint density at radius 3 is 2.68 bits per heavy atom. The molecule has 1 aromatic carbocycles. The molecule has 0 saturated carbocycles. The van der Waals surface area contributed by atoms with Gasteiger partial charge in [-0.3, -0.25) is 4.79 Å². The van der Waals surface area contributed by atoms with Crippen LogP contribution in [0.5, 0.6) is 0 Å². The van der Waals surface area contributed by atoms with E-state index in [1.807, 2.05) is 32.0 Å². The van der Waals surface area contributed by atoms with Gasteiger partial charge in [-0.1, -0.05) is 19.9 Å². The van der Waals surface area contributed by atoms with Crippen molar-refractivity contribution in [3.8, 4) is 0 Å². The fourth-order valence-corrected chi connectivity index (χ4v) is 2.75. The molecule has 0 saturated heterocycles. The second-order valence-electron chi connectivity index (χ2n) is 5.20. The zero-order valence-corrected chi connectivity index (χ0v) is 13.0. The maximum absolute atomic E-state index is 12.1. The fraction of sp³-hybridized carbons (Fsp3) is 0.533. The predicted molar refractivity (Wildman–Crippen MR) is 85.6 cm³/mol. The van der Waals surface area contributed by atoms with Crippen molar-refractivity contribution in [3.05, 3.63) is 23.8 Å². The Hall–Kier alpha value is -1.16. The number of amides is 1. The maximum Gasteiger partial charge on any atom is 0.237 e. The molecule has 1 amide bonds. The standard InChI is InChI=1S/C15H24N2OS/c1-10(2)8-9-19-12(4)15(18)17-14-7-5-6-13(16)11(14)3/h5-7,10,12H,8-9,16H2,1-4H3,(H,17,18). The summed E-state index contributed by atoms with van der Waals surface area (Å²) in [6.07, 6.45) is 1.14. The van der Waals surface area contributed by atoms with E-state index in [2.05, 4.69) is 19.2 Å². The summed E-state index contributed by atoms with van der Waals surface area (Å²) in [5.41, 5.74) is 8.27. The number of carbonyl (C=O) groups excluding carboxylic acids is 1. The van der Waals surface area contributed by atoms with E-state index in [1.165, 1.54) is 0 Å². The van der Waals surface area contributed by atoms with E-state index in [0.717, 1.165) is 23.4 Å². The normalized spacial score (nSPS) is 12.5. The molecule has 0 radical (unpaired) electrons. The van der Waals surface area contributed by atoms with Crippen molar-refractivity contribution in [2.75, 3.05) is 16.8 Å². The summed E-state index contributed by atoms with van der Waals surface area (Å²) in [4.78, 5) is 12.1. The van der Waals surface area contributed by atoms with Gasteiger partial charge in [0.2, 0.25) is 5.91 Å². The van der Waals surface area contributed by atoms with Crippen molar-refractivity contribution in [2.45, 2.75) is 39.4 Å². The molecule has 1 unspecified atom stereocenters. The Morgan fingerprint density at radius 1 is 1.37 bits per heavy atom. The van der Waals surface area contributed by atoms with E-state index >= 15 is 0 Å². The predicted octanol–water partition coefficient (Wildman–Crippen LogP) is 3.68. The largest absolute Gasteiger partial charge is 0.398 e. The molecule has 0 bridgehead atoms. The lowest BCUT2D eigenvalue weighted by molar-refractivity contribution is -0.115. The van der Waals surface area contributed by atoms with Gasteiger partial charge in [0.25, 0.3) is 0 Å². The number of hydrogen-bond donors (Lipinski definition) is 2. The van der Waals surface area contributed by atoms with Crippen molar-refractivity contribution < 1.29 is 4.79 Å². The van der Waals surface area contributed by atoms with Gasteiger partial charge in [0.15, 0.2) is 0 Å². The molecule has 0 spiro atoms.